The summed E-state index contributed by atoms with van der Waals surface area (Å²) in [6.45, 7) is 0. The van der Waals surface area contributed by atoms with E-state index in [2.05, 4.69) is 15.1 Å². The second-order valence-corrected chi connectivity index (χ2v) is 9.54. The number of hydrogen-bond donors (Lipinski definition) is 1. The van der Waals surface area contributed by atoms with Crippen molar-refractivity contribution in [3.8, 4) is 11.3 Å². The number of thioether (sulfide) groups is 1. The fraction of sp³-hybridized carbons (Fsp3) is 0.120. The molecule has 4 aromatic rings. The van der Waals surface area contributed by atoms with E-state index in [1.807, 2.05) is 47.8 Å². The second-order valence-electron chi connectivity index (χ2n) is 7.62. The predicted molar refractivity (Wildman–Crippen MR) is 132 cm³/mol. The van der Waals surface area contributed by atoms with E-state index in [-0.39, 0.29) is 29.1 Å². The predicted octanol–water partition coefficient (Wildman–Crippen LogP) is 5.11. The van der Waals surface area contributed by atoms with Crippen LogP contribution >= 0.6 is 23.1 Å². The lowest BCUT2D eigenvalue weighted by molar-refractivity contribution is -0.130. The number of hydrazone groups is 1. The van der Waals surface area contributed by atoms with Crippen LogP contribution in [-0.4, -0.2) is 32.3 Å². The number of rotatable bonds is 6. The largest absolute Gasteiger partial charge is 0.301 e. The van der Waals surface area contributed by atoms with Crippen LogP contribution in [0.5, 0.6) is 0 Å². The molecule has 1 N–H and O–H groups in total. The molecule has 1 aliphatic heterocycles. The molecule has 0 spiro atoms. The van der Waals surface area contributed by atoms with E-state index in [9.17, 15) is 14.0 Å². The van der Waals surface area contributed by atoms with Crippen LogP contribution in [0.1, 0.15) is 22.9 Å². The van der Waals surface area contributed by atoms with Crippen molar-refractivity contribution in [2.45, 2.75) is 17.6 Å². The Labute approximate surface area is 203 Å². The molecule has 1 unspecified atom stereocenters. The number of nitrogens with one attached hydrogen (secondary N) is 1. The van der Waals surface area contributed by atoms with Crippen LogP contribution in [0.3, 0.4) is 0 Å². The van der Waals surface area contributed by atoms with E-state index in [0.29, 0.717) is 17.3 Å². The first kappa shape index (κ1) is 22.2. The Morgan fingerprint density at radius 2 is 1.91 bits per heavy atom. The highest BCUT2D eigenvalue weighted by Gasteiger charge is 2.33. The van der Waals surface area contributed by atoms with E-state index in [0.717, 1.165) is 33.5 Å². The van der Waals surface area contributed by atoms with Gasteiger partial charge in [0.05, 0.1) is 28.1 Å². The van der Waals surface area contributed by atoms with Crippen molar-refractivity contribution >= 4 is 34.7 Å². The van der Waals surface area contributed by atoms with E-state index < -0.39 is 0 Å². The van der Waals surface area contributed by atoms with Crippen LogP contribution in [0.25, 0.3) is 11.3 Å². The number of carbonyl (C=O) groups excluding carboxylic acids is 1. The third-order valence-electron chi connectivity index (χ3n) is 5.35. The van der Waals surface area contributed by atoms with Gasteiger partial charge in [-0.15, -0.1) is 11.3 Å². The van der Waals surface area contributed by atoms with Gasteiger partial charge in [0.15, 0.2) is 5.16 Å². The molecule has 0 bridgehead atoms. The van der Waals surface area contributed by atoms with Crippen LogP contribution < -0.4 is 5.56 Å². The quantitative estimate of drug-likeness (QED) is 0.301. The third-order valence-corrected chi connectivity index (χ3v) is 7.13. The summed E-state index contributed by atoms with van der Waals surface area (Å²) in [5.74, 6) is -0.512. The summed E-state index contributed by atoms with van der Waals surface area (Å²) in [6.07, 6.45) is 0.543. The molecule has 1 amide bonds. The van der Waals surface area contributed by atoms with Crippen molar-refractivity contribution in [3.05, 3.63) is 105 Å². The van der Waals surface area contributed by atoms with Gasteiger partial charge >= 0.3 is 0 Å². The molecular weight excluding hydrogens is 471 g/mol. The topological polar surface area (TPSA) is 78.4 Å². The zero-order valence-electron chi connectivity index (χ0n) is 17.8. The summed E-state index contributed by atoms with van der Waals surface area (Å²) >= 11 is 2.71. The highest BCUT2D eigenvalue weighted by molar-refractivity contribution is 7.99. The molecule has 2 aromatic heterocycles. The van der Waals surface area contributed by atoms with Gasteiger partial charge in [-0.25, -0.2) is 14.4 Å². The normalized spacial score (nSPS) is 15.4. The number of nitrogens with zero attached hydrogens (tertiary/aromatic N) is 3. The SMILES string of the molecule is O=C(CSc1nc(-c2ccccc2)cc(=O)[nH]1)N1N=C(c2cccs2)CC1c1ccc(F)cc1. The molecule has 3 heterocycles. The lowest BCUT2D eigenvalue weighted by Crippen LogP contribution is -2.28. The first-order valence-corrected chi connectivity index (χ1v) is 12.4. The Morgan fingerprint density at radius 3 is 2.65 bits per heavy atom. The number of hydrogen-bond acceptors (Lipinski definition) is 6. The number of thiophene rings is 1. The Bertz CT molecular complexity index is 1390. The molecular formula is C25H19FN4O2S2. The first-order valence-electron chi connectivity index (χ1n) is 10.6. The standard InChI is InChI=1S/C25H19FN4O2S2/c26-18-10-8-17(9-11-18)21-13-20(22-7-4-12-33-22)29-30(21)24(32)15-34-25-27-19(14-23(31)28-25)16-5-2-1-3-6-16/h1-12,14,21H,13,15H2,(H,27,28,31). The van der Waals surface area contributed by atoms with Gasteiger partial charge in [0.1, 0.15) is 5.82 Å². The Balaban J connectivity index is 1.37. The van der Waals surface area contributed by atoms with Crippen molar-refractivity contribution in [1.82, 2.24) is 15.0 Å². The number of H-pyrrole nitrogens is 1. The van der Waals surface area contributed by atoms with Crippen molar-refractivity contribution in [2.75, 3.05) is 5.75 Å². The molecule has 170 valence electrons. The van der Waals surface area contributed by atoms with Gasteiger partial charge in [-0.3, -0.25) is 9.59 Å². The van der Waals surface area contributed by atoms with Crippen molar-refractivity contribution in [3.63, 3.8) is 0 Å². The van der Waals surface area contributed by atoms with Gasteiger partial charge < -0.3 is 4.98 Å². The summed E-state index contributed by atoms with van der Waals surface area (Å²) in [5.41, 5.74) is 2.71. The summed E-state index contributed by atoms with van der Waals surface area (Å²) < 4.78 is 13.5. The van der Waals surface area contributed by atoms with Gasteiger partial charge in [0.25, 0.3) is 11.5 Å². The smallest absolute Gasteiger partial charge is 0.253 e. The van der Waals surface area contributed by atoms with Gasteiger partial charge in [-0.05, 0) is 29.1 Å². The molecule has 0 fully saturated rings. The maximum Gasteiger partial charge on any atom is 0.253 e. The molecule has 1 atom stereocenters. The minimum atomic E-state index is -0.331. The van der Waals surface area contributed by atoms with Gasteiger partial charge in [0, 0.05) is 18.1 Å². The first-order chi connectivity index (χ1) is 16.6. The number of aromatic nitrogens is 2. The number of aromatic amines is 1. The Hall–Kier alpha value is -3.56. The molecule has 0 saturated carbocycles. The summed E-state index contributed by atoms with van der Waals surface area (Å²) in [7, 11) is 0. The van der Waals surface area contributed by atoms with Crippen LogP contribution in [0, 0.1) is 5.82 Å². The Morgan fingerprint density at radius 1 is 1.12 bits per heavy atom. The van der Waals surface area contributed by atoms with Gasteiger partial charge in [0.2, 0.25) is 0 Å². The Kier molecular flexibility index (Phi) is 6.37. The third kappa shape index (κ3) is 4.85. The maximum atomic E-state index is 13.5. The molecule has 0 aliphatic carbocycles. The molecule has 2 aromatic carbocycles. The lowest BCUT2D eigenvalue weighted by atomic mass is 10.0. The van der Waals surface area contributed by atoms with Gasteiger partial charge in [-0.1, -0.05) is 60.3 Å². The second kappa shape index (κ2) is 9.74. The fourth-order valence-electron chi connectivity index (χ4n) is 3.73. The minimum absolute atomic E-state index is 0.0418. The van der Waals surface area contributed by atoms with Crippen LogP contribution in [0.4, 0.5) is 4.39 Å². The van der Waals surface area contributed by atoms with E-state index in [1.54, 1.807) is 23.5 Å². The molecule has 5 rings (SSSR count). The number of amides is 1. The van der Waals surface area contributed by atoms with E-state index in [1.165, 1.54) is 23.2 Å². The molecule has 6 nitrogen and oxygen atoms in total. The molecule has 0 saturated heterocycles. The van der Waals surface area contributed by atoms with Crippen LogP contribution in [0.15, 0.2) is 93.2 Å². The number of benzene rings is 2. The number of carbonyl (C=O) groups is 1. The molecule has 34 heavy (non-hydrogen) atoms. The summed E-state index contributed by atoms with van der Waals surface area (Å²) in [5, 5.41) is 8.41. The highest BCUT2D eigenvalue weighted by Crippen LogP contribution is 2.34. The van der Waals surface area contributed by atoms with E-state index in [4.69, 9.17) is 0 Å². The van der Waals surface area contributed by atoms with Crippen molar-refractivity contribution < 1.29 is 9.18 Å². The zero-order chi connectivity index (χ0) is 23.5. The lowest BCUT2D eigenvalue weighted by Gasteiger charge is -2.22. The van der Waals surface area contributed by atoms with Gasteiger partial charge in [-0.2, -0.15) is 5.10 Å². The summed E-state index contributed by atoms with van der Waals surface area (Å²) in [4.78, 5) is 33.6. The monoisotopic (exact) mass is 490 g/mol. The van der Waals surface area contributed by atoms with Crippen molar-refractivity contribution in [2.24, 2.45) is 5.10 Å². The van der Waals surface area contributed by atoms with Crippen LogP contribution in [-0.2, 0) is 4.79 Å². The molecule has 0 radical (unpaired) electrons. The van der Waals surface area contributed by atoms with Crippen molar-refractivity contribution in [1.29, 1.82) is 0 Å². The molecule has 9 heteroatoms. The number of halogens is 1. The van der Waals surface area contributed by atoms with E-state index >= 15 is 0 Å². The average Bonchev–Trinajstić information content (AvgIpc) is 3.54. The minimum Gasteiger partial charge on any atom is -0.301 e. The maximum absolute atomic E-state index is 13.5. The van der Waals surface area contributed by atoms with Crippen LogP contribution in [0.2, 0.25) is 0 Å². The summed E-state index contributed by atoms with van der Waals surface area (Å²) in [6, 6.07) is 20.6. The zero-order valence-corrected chi connectivity index (χ0v) is 19.5. The highest BCUT2D eigenvalue weighted by atomic mass is 32.2. The molecule has 1 aliphatic rings. The average molecular weight is 491 g/mol. The fourth-order valence-corrected chi connectivity index (χ4v) is 5.18.